The van der Waals surface area contributed by atoms with Crippen molar-refractivity contribution in [2.24, 2.45) is 5.84 Å². The van der Waals surface area contributed by atoms with Crippen molar-refractivity contribution >= 4 is 22.9 Å². The van der Waals surface area contributed by atoms with Gasteiger partial charge >= 0.3 is 0 Å². The van der Waals surface area contributed by atoms with E-state index in [1.807, 2.05) is 24.3 Å². The lowest BCUT2D eigenvalue weighted by Gasteiger charge is -2.16. The number of thiophene rings is 1. The van der Waals surface area contributed by atoms with E-state index in [2.05, 4.69) is 10.4 Å². The molecule has 90 valence electrons. The van der Waals surface area contributed by atoms with Gasteiger partial charge in [0.1, 0.15) is 17.5 Å². The summed E-state index contributed by atoms with van der Waals surface area (Å²) in [5.41, 5.74) is 3.48. The molecule has 0 amide bonds. The Bertz CT molecular complexity index is 503. The number of methoxy groups -OCH3 is 1. The average Bonchev–Trinajstić information content (AvgIpc) is 2.77. The van der Waals surface area contributed by atoms with Crippen LogP contribution >= 0.6 is 22.9 Å². The van der Waals surface area contributed by atoms with Crippen molar-refractivity contribution < 1.29 is 4.74 Å². The van der Waals surface area contributed by atoms with E-state index in [4.69, 9.17) is 22.2 Å². The molecule has 0 aliphatic heterocycles. The summed E-state index contributed by atoms with van der Waals surface area (Å²) in [5, 5.41) is 0. The number of hydrogen-bond donors (Lipinski definition) is 2. The largest absolute Gasteiger partial charge is 0.495 e. The minimum absolute atomic E-state index is 0.219. The van der Waals surface area contributed by atoms with Crippen LogP contribution in [0.4, 0.5) is 0 Å². The van der Waals surface area contributed by atoms with Gasteiger partial charge in [-0.15, -0.1) is 11.3 Å². The summed E-state index contributed by atoms with van der Waals surface area (Å²) < 4.78 is 5.99. The van der Waals surface area contributed by atoms with Crippen LogP contribution in [0.15, 0.2) is 30.5 Å². The number of nitrogens with zero attached hydrogens (tertiary/aromatic N) is 1. The predicted molar refractivity (Wildman–Crippen MR) is 69.3 cm³/mol. The highest BCUT2D eigenvalue weighted by molar-refractivity contribution is 7.16. The van der Waals surface area contributed by atoms with Crippen LogP contribution in [0.25, 0.3) is 0 Å². The van der Waals surface area contributed by atoms with Gasteiger partial charge in [-0.25, -0.2) is 5.43 Å². The molecule has 0 saturated carbocycles. The van der Waals surface area contributed by atoms with E-state index in [0.29, 0.717) is 5.75 Å². The van der Waals surface area contributed by atoms with Crippen molar-refractivity contribution in [2.75, 3.05) is 7.11 Å². The maximum absolute atomic E-state index is 5.92. The second-order valence-corrected chi connectivity index (χ2v) is 5.08. The highest BCUT2D eigenvalue weighted by atomic mass is 35.5. The Labute approximate surface area is 108 Å². The lowest BCUT2D eigenvalue weighted by molar-refractivity contribution is 0.401. The van der Waals surface area contributed by atoms with Gasteiger partial charge < -0.3 is 4.74 Å². The number of nitrogens with one attached hydrogen (secondary N) is 1. The molecule has 0 bridgehead atoms. The van der Waals surface area contributed by atoms with E-state index in [-0.39, 0.29) is 6.04 Å². The summed E-state index contributed by atoms with van der Waals surface area (Å²) in [7, 11) is 1.61. The Balaban J connectivity index is 2.41. The summed E-state index contributed by atoms with van der Waals surface area (Å²) in [6.45, 7) is 0. The van der Waals surface area contributed by atoms with Crippen LogP contribution < -0.4 is 16.0 Å². The van der Waals surface area contributed by atoms with E-state index in [1.54, 1.807) is 13.3 Å². The van der Waals surface area contributed by atoms with E-state index < -0.39 is 0 Å². The normalized spacial score (nSPS) is 12.4. The molecule has 3 N–H and O–H groups in total. The number of pyridine rings is 1. The molecule has 0 radical (unpaired) electrons. The van der Waals surface area contributed by atoms with Crippen LogP contribution in [0.3, 0.4) is 0 Å². The first-order chi connectivity index (χ1) is 8.26. The number of aromatic nitrogens is 1. The number of ether oxygens (including phenoxy) is 1. The van der Waals surface area contributed by atoms with Gasteiger partial charge in [0.15, 0.2) is 0 Å². The molecule has 0 saturated heterocycles. The molecule has 2 aromatic heterocycles. The fourth-order valence-corrected chi connectivity index (χ4v) is 2.70. The molecule has 0 aliphatic rings. The highest BCUT2D eigenvalue weighted by Gasteiger charge is 2.19. The number of hydrazine groups is 1. The van der Waals surface area contributed by atoms with Crippen molar-refractivity contribution in [1.82, 2.24) is 10.4 Å². The highest BCUT2D eigenvalue weighted by Crippen LogP contribution is 2.33. The standard InChI is InChI=1S/C11H12ClN3OS/c1-16-7-3-2-6-14-10(7)11(15-13)8-4-5-9(12)17-8/h2-6,11,15H,13H2,1H3. The van der Waals surface area contributed by atoms with Gasteiger partial charge in [-0.05, 0) is 24.3 Å². The van der Waals surface area contributed by atoms with Gasteiger partial charge in [-0.2, -0.15) is 0 Å². The topological polar surface area (TPSA) is 60.2 Å². The molecular weight excluding hydrogens is 258 g/mol. The van der Waals surface area contributed by atoms with Crippen molar-refractivity contribution in [3.05, 3.63) is 45.4 Å². The minimum Gasteiger partial charge on any atom is -0.495 e. The molecule has 4 nitrogen and oxygen atoms in total. The predicted octanol–water partition coefficient (Wildman–Crippen LogP) is 2.36. The second-order valence-electron chi connectivity index (χ2n) is 3.33. The Hall–Kier alpha value is -1.14. The molecule has 1 atom stereocenters. The Morgan fingerprint density at radius 1 is 1.47 bits per heavy atom. The smallest absolute Gasteiger partial charge is 0.142 e. The minimum atomic E-state index is -0.219. The quantitative estimate of drug-likeness (QED) is 0.661. The lowest BCUT2D eigenvalue weighted by atomic mass is 10.1. The zero-order chi connectivity index (χ0) is 12.3. The number of rotatable bonds is 4. The molecule has 0 spiro atoms. The van der Waals surface area contributed by atoms with E-state index in [0.717, 1.165) is 14.9 Å². The van der Waals surface area contributed by atoms with E-state index in [9.17, 15) is 0 Å². The third-order valence-electron chi connectivity index (χ3n) is 2.34. The van der Waals surface area contributed by atoms with Gasteiger partial charge in [-0.1, -0.05) is 11.6 Å². The Morgan fingerprint density at radius 3 is 2.88 bits per heavy atom. The van der Waals surface area contributed by atoms with Crippen LogP contribution in [0.5, 0.6) is 5.75 Å². The van der Waals surface area contributed by atoms with Gasteiger partial charge in [0.25, 0.3) is 0 Å². The van der Waals surface area contributed by atoms with Crippen LogP contribution in [-0.2, 0) is 0 Å². The summed E-state index contributed by atoms with van der Waals surface area (Å²) in [6.07, 6.45) is 1.71. The molecule has 0 fully saturated rings. The maximum atomic E-state index is 5.92. The van der Waals surface area contributed by atoms with Crippen molar-refractivity contribution in [2.45, 2.75) is 6.04 Å². The van der Waals surface area contributed by atoms with Gasteiger partial charge in [-0.3, -0.25) is 10.8 Å². The van der Waals surface area contributed by atoms with Gasteiger partial charge in [0.05, 0.1) is 11.4 Å². The Morgan fingerprint density at radius 2 is 2.29 bits per heavy atom. The zero-order valence-electron chi connectivity index (χ0n) is 9.18. The first-order valence-corrected chi connectivity index (χ1v) is 6.16. The summed E-state index contributed by atoms with van der Waals surface area (Å²) in [6, 6.07) is 7.20. The molecule has 2 aromatic rings. The average molecular weight is 270 g/mol. The van der Waals surface area contributed by atoms with Crippen molar-refractivity contribution in [3.8, 4) is 5.75 Å². The molecule has 1 unspecified atom stereocenters. The summed E-state index contributed by atoms with van der Waals surface area (Å²) in [5.74, 6) is 6.28. The number of nitrogens with two attached hydrogens (primary N) is 1. The lowest BCUT2D eigenvalue weighted by Crippen LogP contribution is -2.29. The third-order valence-corrected chi connectivity index (χ3v) is 3.63. The third kappa shape index (κ3) is 2.58. The van der Waals surface area contributed by atoms with Gasteiger partial charge in [0, 0.05) is 11.1 Å². The SMILES string of the molecule is COc1cccnc1C(NN)c1ccc(Cl)s1. The molecule has 2 heterocycles. The van der Waals surface area contributed by atoms with E-state index in [1.165, 1.54) is 11.3 Å². The summed E-state index contributed by atoms with van der Waals surface area (Å²) >= 11 is 7.38. The Kier molecular flexibility index (Phi) is 3.96. The fraction of sp³-hybridized carbons (Fsp3) is 0.182. The maximum Gasteiger partial charge on any atom is 0.142 e. The van der Waals surface area contributed by atoms with Crippen LogP contribution in [0, 0.1) is 0 Å². The van der Waals surface area contributed by atoms with Crippen LogP contribution in [0.1, 0.15) is 16.6 Å². The first kappa shape index (κ1) is 12.3. The summed E-state index contributed by atoms with van der Waals surface area (Å²) in [4.78, 5) is 5.30. The van der Waals surface area contributed by atoms with Crippen molar-refractivity contribution in [3.63, 3.8) is 0 Å². The fourth-order valence-electron chi connectivity index (χ4n) is 1.57. The molecule has 0 aliphatic carbocycles. The van der Waals surface area contributed by atoms with Crippen LogP contribution in [-0.4, -0.2) is 12.1 Å². The molecular formula is C11H12ClN3OS. The first-order valence-electron chi connectivity index (χ1n) is 4.96. The van der Waals surface area contributed by atoms with E-state index >= 15 is 0 Å². The van der Waals surface area contributed by atoms with Crippen LogP contribution in [0.2, 0.25) is 4.34 Å². The molecule has 6 heteroatoms. The monoisotopic (exact) mass is 269 g/mol. The molecule has 2 rings (SSSR count). The van der Waals surface area contributed by atoms with Crippen molar-refractivity contribution in [1.29, 1.82) is 0 Å². The molecule has 17 heavy (non-hydrogen) atoms. The second kappa shape index (κ2) is 5.46. The zero-order valence-corrected chi connectivity index (χ0v) is 10.8. The number of halogens is 1. The van der Waals surface area contributed by atoms with Gasteiger partial charge in [0.2, 0.25) is 0 Å². The number of hydrogen-bond acceptors (Lipinski definition) is 5. The molecule has 0 aromatic carbocycles.